The minimum atomic E-state index is -4.56. The molecule has 0 aliphatic carbocycles. The summed E-state index contributed by atoms with van der Waals surface area (Å²) >= 11 is 0. The molecule has 5 heterocycles. The van der Waals surface area contributed by atoms with Crippen molar-refractivity contribution in [1.29, 1.82) is 0 Å². The quantitative estimate of drug-likeness (QED) is 0.220. The van der Waals surface area contributed by atoms with E-state index in [2.05, 4.69) is 25.6 Å². The SMILES string of the molecule is CN(Cc1ccc(CNC(=O)c2ccc3c(c2)C(=O)N(C2CCC(=O)NC2=O)C3=O)cc1)Cc1cnc2c(-c3cc(C(F)(F)F)nn3C)cccn12. The third-order valence-electron chi connectivity index (χ3n) is 9.12. The molecular weight excluding hydrogens is 681 g/mol. The van der Waals surface area contributed by atoms with Crippen LogP contribution in [0.3, 0.4) is 0 Å². The second-order valence-corrected chi connectivity index (χ2v) is 12.8. The number of pyridine rings is 1. The second-order valence-electron chi connectivity index (χ2n) is 12.8. The van der Waals surface area contributed by atoms with Crippen LogP contribution in [0.2, 0.25) is 0 Å². The standard InChI is InChI=1S/C36H31F3N8O5/c1-44(19-23-17-40-31-25(4-3-13-46(23)31)28-15-29(36(37,38)39)43-45(28)2)18-21-7-5-20(6-8-21)16-41-32(49)22-9-10-24-26(14-22)35(52)47(34(24)51)27-11-12-30(48)42-33(27)50/h3-10,13-15,17,27H,11-12,16,18-19H2,1-2H3,(H,41,49)(H,42,48,50). The van der Waals surface area contributed by atoms with Gasteiger partial charge in [-0.25, -0.2) is 4.98 Å². The maximum Gasteiger partial charge on any atom is 0.435 e. The van der Waals surface area contributed by atoms with E-state index in [1.54, 1.807) is 18.3 Å². The summed E-state index contributed by atoms with van der Waals surface area (Å²) in [5, 5.41) is 8.60. The second kappa shape index (κ2) is 13.2. The number of rotatable bonds is 9. The van der Waals surface area contributed by atoms with E-state index in [-0.39, 0.29) is 36.1 Å². The molecule has 1 fully saturated rings. The highest BCUT2D eigenvalue weighted by Crippen LogP contribution is 2.33. The average molecular weight is 713 g/mol. The maximum atomic E-state index is 13.3. The van der Waals surface area contributed by atoms with E-state index in [1.165, 1.54) is 29.9 Å². The monoisotopic (exact) mass is 712 g/mol. The third kappa shape index (κ3) is 6.43. The zero-order chi connectivity index (χ0) is 36.9. The normalized spacial score (nSPS) is 16.2. The van der Waals surface area contributed by atoms with E-state index >= 15 is 0 Å². The number of halogens is 3. The summed E-state index contributed by atoms with van der Waals surface area (Å²) < 4.78 is 42.9. The number of alkyl halides is 3. The molecule has 1 unspecified atom stereocenters. The lowest BCUT2D eigenvalue weighted by Crippen LogP contribution is -2.54. The van der Waals surface area contributed by atoms with Gasteiger partial charge in [-0.05, 0) is 61.0 Å². The Hall–Kier alpha value is -6.16. The number of amides is 5. The van der Waals surface area contributed by atoms with Gasteiger partial charge in [0.2, 0.25) is 11.8 Å². The van der Waals surface area contributed by atoms with Crippen molar-refractivity contribution in [3.05, 3.63) is 112 Å². The van der Waals surface area contributed by atoms with Gasteiger partial charge in [-0.3, -0.25) is 43.8 Å². The molecule has 7 rings (SSSR count). The van der Waals surface area contributed by atoms with Crippen molar-refractivity contribution in [1.82, 2.24) is 39.6 Å². The minimum absolute atomic E-state index is 0.00865. The summed E-state index contributed by atoms with van der Waals surface area (Å²) in [6, 6.07) is 15.2. The molecule has 2 aliphatic rings. The molecule has 13 nitrogen and oxygen atoms in total. The van der Waals surface area contributed by atoms with Gasteiger partial charge in [-0.1, -0.05) is 24.3 Å². The largest absolute Gasteiger partial charge is 0.435 e. The van der Waals surface area contributed by atoms with Gasteiger partial charge in [0.15, 0.2) is 5.69 Å². The smallest absolute Gasteiger partial charge is 0.348 e. The molecule has 52 heavy (non-hydrogen) atoms. The summed E-state index contributed by atoms with van der Waals surface area (Å²) in [4.78, 5) is 70.3. The Balaban J connectivity index is 0.956. The Morgan fingerprint density at radius 3 is 2.40 bits per heavy atom. The van der Waals surface area contributed by atoms with E-state index in [9.17, 15) is 37.1 Å². The van der Waals surface area contributed by atoms with Crippen LogP contribution in [0.4, 0.5) is 13.2 Å². The number of hydrogen-bond donors (Lipinski definition) is 2. The van der Waals surface area contributed by atoms with Crippen LogP contribution in [-0.2, 0) is 42.4 Å². The number of hydrogen-bond acceptors (Lipinski definition) is 8. The summed E-state index contributed by atoms with van der Waals surface area (Å²) in [7, 11) is 3.40. The molecule has 5 amide bonds. The van der Waals surface area contributed by atoms with Gasteiger partial charge in [0.25, 0.3) is 17.7 Å². The Morgan fingerprint density at radius 2 is 1.69 bits per heavy atom. The minimum Gasteiger partial charge on any atom is -0.348 e. The summed E-state index contributed by atoms with van der Waals surface area (Å²) in [5.74, 6) is -2.96. The van der Waals surface area contributed by atoms with Gasteiger partial charge >= 0.3 is 6.18 Å². The van der Waals surface area contributed by atoms with Crippen LogP contribution < -0.4 is 10.6 Å². The molecule has 0 saturated carbocycles. The molecule has 1 saturated heterocycles. The Labute approximate surface area is 294 Å². The average Bonchev–Trinajstić information content (AvgIpc) is 3.78. The molecule has 16 heteroatoms. The molecule has 2 aromatic carbocycles. The molecule has 1 atom stereocenters. The predicted molar refractivity (Wildman–Crippen MR) is 178 cm³/mol. The van der Waals surface area contributed by atoms with Crippen LogP contribution in [-0.4, -0.2) is 71.6 Å². The molecule has 0 bridgehead atoms. The first-order valence-electron chi connectivity index (χ1n) is 16.2. The number of imide groups is 2. The molecular formula is C36H31F3N8O5. The van der Waals surface area contributed by atoms with Crippen LogP contribution in [0.1, 0.15) is 66.4 Å². The van der Waals surface area contributed by atoms with Crippen molar-refractivity contribution in [2.24, 2.45) is 7.05 Å². The van der Waals surface area contributed by atoms with Gasteiger partial charge in [0, 0.05) is 50.4 Å². The Bertz CT molecular complexity index is 2280. The van der Waals surface area contributed by atoms with Crippen LogP contribution in [0.15, 0.2) is 73.1 Å². The van der Waals surface area contributed by atoms with Gasteiger partial charge < -0.3 is 9.72 Å². The summed E-state index contributed by atoms with van der Waals surface area (Å²) in [6.45, 7) is 1.28. The van der Waals surface area contributed by atoms with E-state index in [0.717, 1.165) is 27.8 Å². The first-order chi connectivity index (χ1) is 24.8. The molecule has 5 aromatic rings. The fourth-order valence-electron chi connectivity index (χ4n) is 6.54. The van der Waals surface area contributed by atoms with Crippen LogP contribution in [0, 0.1) is 0 Å². The fraction of sp³-hybridized carbons (Fsp3) is 0.250. The van der Waals surface area contributed by atoms with Gasteiger partial charge in [0.1, 0.15) is 11.7 Å². The van der Waals surface area contributed by atoms with Crippen LogP contribution >= 0.6 is 0 Å². The van der Waals surface area contributed by atoms with Crippen molar-refractivity contribution in [2.45, 2.75) is 44.7 Å². The van der Waals surface area contributed by atoms with Crippen LogP contribution in [0.5, 0.6) is 0 Å². The van der Waals surface area contributed by atoms with Crippen LogP contribution in [0.25, 0.3) is 16.9 Å². The number of carbonyl (C=O) groups excluding carboxylic acids is 5. The number of aromatic nitrogens is 4. The number of nitrogens with one attached hydrogen (secondary N) is 2. The predicted octanol–water partition coefficient (Wildman–Crippen LogP) is 3.72. The Morgan fingerprint density at radius 1 is 0.962 bits per heavy atom. The summed E-state index contributed by atoms with van der Waals surface area (Å²) in [6.07, 6.45) is -0.998. The molecule has 2 N–H and O–H groups in total. The van der Waals surface area contributed by atoms with E-state index in [0.29, 0.717) is 30.0 Å². The number of benzene rings is 2. The topological polar surface area (TPSA) is 151 Å². The number of imidazole rings is 1. The zero-order valence-corrected chi connectivity index (χ0v) is 27.9. The maximum absolute atomic E-state index is 13.3. The lowest BCUT2D eigenvalue weighted by atomic mass is 10.0. The van der Waals surface area contributed by atoms with Crippen molar-refractivity contribution >= 4 is 35.2 Å². The number of piperidine rings is 1. The molecule has 0 radical (unpaired) electrons. The van der Waals surface area contributed by atoms with Gasteiger partial charge in [0.05, 0.1) is 28.7 Å². The number of nitrogens with zero attached hydrogens (tertiary/aromatic N) is 6. The van der Waals surface area contributed by atoms with Crippen molar-refractivity contribution in [2.75, 3.05) is 7.05 Å². The number of fused-ring (bicyclic) bond motifs is 2. The number of carbonyl (C=O) groups is 5. The third-order valence-corrected chi connectivity index (χ3v) is 9.12. The molecule has 0 spiro atoms. The number of aryl methyl sites for hydroxylation is 1. The molecule has 3 aromatic heterocycles. The van der Waals surface area contributed by atoms with E-state index < -0.39 is 47.4 Å². The molecule has 2 aliphatic heterocycles. The van der Waals surface area contributed by atoms with Crippen molar-refractivity contribution in [3.63, 3.8) is 0 Å². The van der Waals surface area contributed by atoms with Gasteiger partial charge in [-0.15, -0.1) is 0 Å². The fourth-order valence-corrected chi connectivity index (χ4v) is 6.54. The zero-order valence-electron chi connectivity index (χ0n) is 27.9. The van der Waals surface area contributed by atoms with E-state index in [4.69, 9.17) is 0 Å². The highest BCUT2D eigenvalue weighted by atomic mass is 19.4. The first-order valence-corrected chi connectivity index (χ1v) is 16.2. The highest BCUT2D eigenvalue weighted by molar-refractivity contribution is 6.24. The lowest BCUT2D eigenvalue weighted by molar-refractivity contribution is -0.141. The Kier molecular flexibility index (Phi) is 8.70. The summed E-state index contributed by atoms with van der Waals surface area (Å²) in [5.41, 5.74) is 3.34. The first kappa shape index (κ1) is 34.3. The van der Waals surface area contributed by atoms with Gasteiger partial charge in [-0.2, -0.15) is 18.3 Å². The van der Waals surface area contributed by atoms with Crippen molar-refractivity contribution < 1.29 is 37.1 Å². The van der Waals surface area contributed by atoms with Crippen molar-refractivity contribution in [3.8, 4) is 11.3 Å². The lowest BCUT2D eigenvalue weighted by Gasteiger charge is -2.27. The highest BCUT2D eigenvalue weighted by Gasteiger charge is 2.44. The van der Waals surface area contributed by atoms with E-state index in [1.807, 2.05) is 41.9 Å². The molecule has 266 valence electrons.